The third-order valence-corrected chi connectivity index (χ3v) is 2.67. The lowest BCUT2D eigenvalue weighted by atomic mass is 10.1. The maximum Gasteiger partial charge on any atom is 0.303 e. The van der Waals surface area contributed by atoms with Gasteiger partial charge in [-0.3, -0.25) is 4.79 Å². The quantitative estimate of drug-likeness (QED) is 0.334. The fourth-order valence-electron chi connectivity index (χ4n) is 1.54. The smallest absolute Gasteiger partial charge is 0.303 e. The Morgan fingerprint density at radius 2 is 1.50 bits per heavy atom. The van der Waals surface area contributed by atoms with Crippen molar-refractivity contribution in [3.63, 3.8) is 0 Å². The van der Waals surface area contributed by atoms with E-state index in [9.17, 15) is 4.79 Å². The van der Waals surface area contributed by atoms with Gasteiger partial charge < -0.3 is 5.11 Å². The molecule has 0 heterocycles. The molecule has 0 atom stereocenters. The van der Waals surface area contributed by atoms with Crippen LogP contribution in [0.5, 0.6) is 0 Å². The highest BCUT2D eigenvalue weighted by molar-refractivity contribution is 6.17. The standard InChI is InChI=1S/C13H23ClO2/c14-12-10-8-6-4-2-1-3-5-7-9-11-13(15)16/h6,8H,1-5,7,9-12H2,(H,15,16)/b8-6-. The Labute approximate surface area is 104 Å². The number of unbranched alkanes of at least 4 members (excludes halogenated alkanes) is 6. The molecule has 0 saturated carbocycles. The van der Waals surface area contributed by atoms with Crippen LogP contribution in [0.15, 0.2) is 12.2 Å². The van der Waals surface area contributed by atoms with E-state index in [-0.39, 0.29) is 0 Å². The van der Waals surface area contributed by atoms with E-state index >= 15 is 0 Å². The fourth-order valence-corrected chi connectivity index (χ4v) is 1.67. The third-order valence-electron chi connectivity index (χ3n) is 2.45. The summed E-state index contributed by atoms with van der Waals surface area (Å²) in [5.41, 5.74) is 0. The third kappa shape index (κ3) is 13.5. The molecule has 1 N–H and O–H groups in total. The highest BCUT2D eigenvalue weighted by atomic mass is 35.5. The van der Waals surface area contributed by atoms with Gasteiger partial charge in [0.25, 0.3) is 0 Å². The molecular formula is C13H23ClO2. The summed E-state index contributed by atoms with van der Waals surface area (Å²) < 4.78 is 0. The van der Waals surface area contributed by atoms with Crippen LogP contribution in [0, 0.1) is 0 Å². The number of carboxylic acids is 1. The summed E-state index contributed by atoms with van der Waals surface area (Å²) in [6, 6.07) is 0. The van der Waals surface area contributed by atoms with Gasteiger partial charge in [-0.15, -0.1) is 11.6 Å². The number of alkyl halides is 1. The van der Waals surface area contributed by atoms with Crippen LogP contribution in [0.2, 0.25) is 0 Å². The molecule has 0 aliphatic carbocycles. The van der Waals surface area contributed by atoms with E-state index in [4.69, 9.17) is 16.7 Å². The van der Waals surface area contributed by atoms with E-state index in [0.29, 0.717) is 12.3 Å². The molecule has 0 radical (unpaired) electrons. The predicted molar refractivity (Wildman–Crippen MR) is 69.0 cm³/mol. The van der Waals surface area contributed by atoms with Crippen molar-refractivity contribution in [3.05, 3.63) is 12.2 Å². The van der Waals surface area contributed by atoms with E-state index in [1.54, 1.807) is 0 Å². The highest BCUT2D eigenvalue weighted by Crippen LogP contribution is 2.09. The molecule has 0 amide bonds. The first-order valence-corrected chi connectivity index (χ1v) is 6.73. The number of allylic oxidation sites excluding steroid dienone is 2. The van der Waals surface area contributed by atoms with Gasteiger partial charge in [0.2, 0.25) is 0 Å². The molecule has 0 saturated heterocycles. The SMILES string of the molecule is O=C(O)CCCCCCCC/C=C\CCCl. The number of carboxylic acid groups (broad SMARTS) is 1. The van der Waals surface area contributed by atoms with Crippen LogP contribution in [-0.4, -0.2) is 17.0 Å². The monoisotopic (exact) mass is 246 g/mol. The predicted octanol–water partition coefficient (Wildman–Crippen LogP) is 4.38. The Bertz CT molecular complexity index is 190. The van der Waals surface area contributed by atoms with Crippen molar-refractivity contribution in [1.29, 1.82) is 0 Å². The van der Waals surface area contributed by atoms with Crippen molar-refractivity contribution < 1.29 is 9.90 Å². The summed E-state index contributed by atoms with van der Waals surface area (Å²) >= 11 is 5.54. The van der Waals surface area contributed by atoms with Crippen LogP contribution >= 0.6 is 11.6 Å². The molecule has 94 valence electrons. The molecule has 0 unspecified atom stereocenters. The van der Waals surface area contributed by atoms with Crippen molar-refractivity contribution in [1.82, 2.24) is 0 Å². The maximum absolute atomic E-state index is 10.2. The van der Waals surface area contributed by atoms with Gasteiger partial charge in [0.15, 0.2) is 0 Å². The molecule has 0 aromatic heterocycles. The van der Waals surface area contributed by atoms with Crippen molar-refractivity contribution >= 4 is 17.6 Å². The van der Waals surface area contributed by atoms with Crippen LogP contribution in [-0.2, 0) is 4.79 Å². The van der Waals surface area contributed by atoms with Gasteiger partial charge in [0.05, 0.1) is 0 Å². The minimum Gasteiger partial charge on any atom is -0.481 e. The van der Waals surface area contributed by atoms with Gasteiger partial charge >= 0.3 is 5.97 Å². The Morgan fingerprint density at radius 1 is 0.938 bits per heavy atom. The first-order chi connectivity index (χ1) is 7.77. The van der Waals surface area contributed by atoms with Crippen molar-refractivity contribution in [2.24, 2.45) is 0 Å². The summed E-state index contributed by atoms with van der Waals surface area (Å²) in [4.78, 5) is 10.2. The lowest BCUT2D eigenvalue weighted by Crippen LogP contribution is -1.93. The van der Waals surface area contributed by atoms with Crippen LogP contribution < -0.4 is 0 Å². The fraction of sp³-hybridized carbons (Fsp3) is 0.769. The van der Waals surface area contributed by atoms with Gasteiger partial charge in [0.1, 0.15) is 0 Å². The largest absolute Gasteiger partial charge is 0.481 e. The maximum atomic E-state index is 10.2. The Morgan fingerprint density at radius 3 is 2.12 bits per heavy atom. The summed E-state index contributed by atoms with van der Waals surface area (Å²) in [6.07, 6.45) is 13.5. The Hall–Kier alpha value is -0.500. The second-order valence-electron chi connectivity index (χ2n) is 4.00. The summed E-state index contributed by atoms with van der Waals surface area (Å²) in [5, 5.41) is 8.44. The summed E-state index contributed by atoms with van der Waals surface area (Å²) in [6.45, 7) is 0. The minimum atomic E-state index is -0.676. The van der Waals surface area contributed by atoms with Crippen LogP contribution in [0.1, 0.15) is 57.8 Å². The molecule has 0 aromatic carbocycles. The molecule has 0 aromatic rings. The zero-order valence-corrected chi connectivity index (χ0v) is 10.7. The average Bonchev–Trinajstić information content (AvgIpc) is 2.25. The first kappa shape index (κ1) is 15.5. The van der Waals surface area contributed by atoms with Crippen LogP contribution in [0.4, 0.5) is 0 Å². The van der Waals surface area contributed by atoms with Crippen LogP contribution in [0.3, 0.4) is 0 Å². The average molecular weight is 247 g/mol. The van der Waals surface area contributed by atoms with E-state index < -0.39 is 5.97 Å². The number of hydrogen-bond acceptors (Lipinski definition) is 1. The van der Waals surface area contributed by atoms with Crippen molar-refractivity contribution in [2.75, 3.05) is 5.88 Å². The van der Waals surface area contributed by atoms with E-state index in [2.05, 4.69) is 12.2 Å². The lowest BCUT2D eigenvalue weighted by Gasteiger charge is -1.99. The molecule has 0 rings (SSSR count). The van der Waals surface area contributed by atoms with Crippen molar-refractivity contribution in [3.8, 4) is 0 Å². The number of hydrogen-bond donors (Lipinski definition) is 1. The second-order valence-corrected chi connectivity index (χ2v) is 4.38. The minimum absolute atomic E-state index is 0.321. The molecule has 0 aliphatic heterocycles. The van der Waals surface area contributed by atoms with E-state index in [1.165, 1.54) is 25.7 Å². The zero-order chi connectivity index (χ0) is 12.1. The first-order valence-electron chi connectivity index (χ1n) is 6.20. The van der Waals surface area contributed by atoms with E-state index in [0.717, 1.165) is 25.7 Å². The van der Waals surface area contributed by atoms with Gasteiger partial charge in [-0.25, -0.2) is 0 Å². The number of carbonyl (C=O) groups is 1. The molecule has 0 bridgehead atoms. The molecule has 3 heteroatoms. The molecule has 0 spiro atoms. The topological polar surface area (TPSA) is 37.3 Å². The molecule has 0 aliphatic rings. The van der Waals surface area contributed by atoms with Gasteiger partial charge in [0, 0.05) is 12.3 Å². The van der Waals surface area contributed by atoms with E-state index in [1.807, 2.05) is 0 Å². The Kier molecular flexibility index (Phi) is 12.2. The van der Waals surface area contributed by atoms with Gasteiger partial charge in [-0.05, 0) is 25.7 Å². The molecule has 2 nitrogen and oxygen atoms in total. The van der Waals surface area contributed by atoms with Gasteiger partial charge in [-0.2, -0.15) is 0 Å². The molecule has 16 heavy (non-hydrogen) atoms. The highest BCUT2D eigenvalue weighted by Gasteiger charge is 1.95. The number of aliphatic carboxylic acids is 1. The zero-order valence-electron chi connectivity index (χ0n) is 9.96. The normalized spacial score (nSPS) is 11.1. The Balaban J connectivity index is 3.01. The van der Waals surface area contributed by atoms with Gasteiger partial charge in [-0.1, -0.05) is 37.8 Å². The summed E-state index contributed by atoms with van der Waals surface area (Å²) in [7, 11) is 0. The lowest BCUT2D eigenvalue weighted by molar-refractivity contribution is -0.137. The van der Waals surface area contributed by atoms with Crippen molar-refractivity contribution in [2.45, 2.75) is 57.8 Å². The van der Waals surface area contributed by atoms with Crippen LogP contribution in [0.25, 0.3) is 0 Å². The molecular weight excluding hydrogens is 224 g/mol. The number of halogens is 1. The summed E-state index contributed by atoms with van der Waals surface area (Å²) in [5.74, 6) is 0.0320. The number of rotatable bonds is 11. The molecule has 0 fully saturated rings. The second kappa shape index (κ2) is 12.6.